The van der Waals surface area contributed by atoms with Crippen molar-refractivity contribution in [2.75, 3.05) is 19.7 Å². The van der Waals surface area contributed by atoms with Crippen molar-refractivity contribution in [3.63, 3.8) is 0 Å². The molecule has 0 bridgehead atoms. The Labute approximate surface area is 125 Å². The van der Waals surface area contributed by atoms with E-state index < -0.39 is 26.7 Å². The maximum atomic E-state index is 13.0. The number of nitrogens with zero attached hydrogens (tertiary/aromatic N) is 1. The number of benzene rings is 1. The van der Waals surface area contributed by atoms with Crippen LogP contribution in [0.1, 0.15) is 12.0 Å². The molecule has 1 aromatic carbocycles. The van der Waals surface area contributed by atoms with Crippen LogP contribution in [-0.4, -0.2) is 37.5 Å². The molecule has 4 nitrogen and oxygen atoms in total. The number of alkyl halides is 3. The first-order valence-corrected chi connectivity index (χ1v) is 7.96. The summed E-state index contributed by atoms with van der Waals surface area (Å²) in [5, 5.41) is 8.84. The summed E-state index contributed by atoms with van der Waals surface area (Å²) in [5.41, 5.74) is -1.28. The minimum absolute atomic E-state index is 0.0127. The Morgan fingerprint density at radius 1 is 1.38 bits per heavy atom. The Balaban J connectivity index is 2.46. The van der Waals surface area contributed by atoms with E-state index in [0.29, 0.717) is 12.5 Å². The van der Waals surface area contributed by atoms with Gasteiger partial charge in [0.15, 0.2) is 0 Å². The van der Waals surface area contributed by atoms with E-state index in [1.165, 1.54) is 0 Å². The SMILES string of the molecule is O=S(=O)(c1ccc(Cl)cc1C(F)(F)F)N1CCC(CO)C1. The van der Waals surface area contributed by atoms with Gasteiger partial charge in [-0.1, -0.05) is 11.6 Å². The van der Waals surface area contributed by atoms with Crippen LogP contribution in [-0.2, 0) is 16.2 Å². The van der Waals surface area contributed by atoms with E-state index in [0.717, 1.165) is 16.4 Å². The fourth-order valence-electron chi connectivity index (χ4n) is 2.25. The molecular formula is C12H13ClF3NO3S. The lowest BCUT2D eigenvalue weighted by Crippen LogP contribution is -2.31. The Morgan fingerprint density at radius 3 is 2.57 bits per heavy atom. The van der Waals surface area contributed by atoms with E-state index >= 15 is 0 Å². The van der Waals surface area contributed by atoms with Crippen LogP contribution in [0.3, 0.4) is 0 Å². The average molecular weight is 344 g/mol. The fraction of sp³-hybridized carbons (Fsp3) is 0.500. The number of sulfonamides is 1. The van der Waals surface area contributed by atoms with Gasteiger partial charge in [-0.15, -0.1) is 0 Å². The third-order valence-electron chi connectivity index (χ3n) is 3.37. The molecule has 0 radical (unpaired) electrons. The number of hydrogen-bond acceptors (Lipinski definition) is 3. The number of hydrogen-bond donors (Lipinski definition) is 1. The Hall–Kier alpha value is -0.830. The largest absolute Gasteiger partial charge is 0.417 e. The van der Waals surface area contributed by atoms with Gasteiger partial charge in [-0.2, -0.15) is 17.5 Å². The molecule has 2 rings (SSSR count). The van der Waals surface area contributed by atoms with Crippen LogP contribution in [0, 0.1) is 5.92 Å². The quantitative estimate of drug-likeness (QED) is 0.916. The smallest absolute Gasteiger partial charge is 0.396 e. The topological polar surface area (TPSA) is 57.6 Å². The van der Waals surface area contributed by atoms with Crippen molar-refractivity contribution in [1.29, 1.82) is 0 Å². The summed E-state index contributed by atoms with van der Waals surface area (Å²) in [7, 11) is -4.27. The first-order chi connectivity index (χ1) is 9.66. The van der Waals surface area contributed by atoms with Crippen LogP contribution in [0.4, 0.5) is 13.2 Å². The summed E-state index contributed by atoms with van der Waals surface area (Å²) in [4.78, 5) is -0.807. The van der Waals surface area contributed by atoms with Gasteiger partial charge in [0, 0.05) is 24.7 Å². The summed E-state index contributed by atoms with van der Waals surface area (Å²) in [5.74, 6) is -0.249. The predicted molar refractivity (Wildman–Crippen MR) is 70.4 cm³/mol. The van der Waals surface area contributed by atoms with Gasteiger partial charge >= 0.3 is 6.18 Å². The van der Waals surface area contributed by atoms with Gasteiger partial charge in [0.2, 0.25) is 10.0 Å². The van der Waals surface area contributed by atoms with Crippen molar-refractivity contribution in [1.82, 2.24) is 4.31 Å². The van der Waals surface area contributed by atoms with Gasteiger partial charge < -0.3 is 5.11 Å². The molecule has 1 saturated heterocycles. The zero-order chi connectivity index (χ0) is 15.8. The molecule has 21 heavy (non-hydrogen) atoms. The van der Waals surface area contributed by atoms with Gasteiger partial charge in [0.05, 0.1) is 10.5 Å². The summed E-state index contributed by atoms with van der Waals surface area (Å²) in [6.45, 7) is -0.0923. The first-order valence-electron chi connectivity index (χ1n) is 6.14. The van der Waals surface area contributed by atoms with Crippen molar-refractivity contribution in [2.24, 2.45) is 5.92 Å². The van der Waals surface area contributed by atoms with Gasteiger partial charge in [-0.3, -0.25) is 0 Å². The Morgan fingerprint density at radius 2 is 2.05 bits per heavy atom. The van der Waals surface area contributed by atoms with E-state index in [-0.39, 0.29) is 30.6 Å². The summed E-state index contributed by atoms with van der Waals surface area (Å²) in [6, 6.07) is 2.59. The molecule has 1 unspecified atom stereocenters. The second kappa shape index (κ2) is 5.75. The van der Waals surface area contributed by atoms with E-state index in [1.54, 1.807) is 0 Å². The van der Waals surface area contributed by atoms with Gasteiger partial charge in [0.1, 0.15) is 0 Å². The highest BCUT2D eigenvalue weighted by Crippen LogP contribution is 2.37. The van der Waals surface area contributed by atoms with Crippen molar-refractivity contribution in [3.05, 3.63) is 28.8 Å². The maximum Gasteiger partial charge on any atom is 0.417 e. The highest BCUT2D eigenvalue weighted by molar-refractivity contribution is 7.89. The Bertz CT molecular complexity index is 633. The molecule has 0 aromatic heterocycles. The standard InChI is InChI=1S/C12H13ClF3NO3S/c13-9-1-2-11(10(5-9)12(14,15)16)21(19,20)17-4-3-8(6-17)7-18/h1-2,5,8,18H,3-4,6-7H2. The first kappa shape index (κ1) is 16.5. The second-order valence-corrected chi connectivity index (χ2v) is 7.18. The van der Waals surface area contributed by atoms with Crippen molar-refractivity contribution >= 4 is 21.6 Å². The van der Waals surface area contributed by atoms with Crippen LogP contribution < -0.4 is 0 Å². The lowest BCUT2D eigenvalue weighted by molar-refractivity contribution is -0.139. The zero-order valence-corrected chi connectivity index (χ0v) is 12.3. The normalized spacial score (nSPS) is 20.9. The monoisotopic (exact) mass is 343 g/mol. The number of aliphatic hydroxyl groups is 1. The highest BCUT2D eigenvalue weighted by Gasteiger charge is 2.40. The van der Waals surface area contributed by atoms with Crippen LogP contribution in [0.5, 0.6) is 0 Å². The van der Waals surface area contributed by atoms with Crippen molar-refractivity contribution < 1.29 is 26.7 Å². The molecule has 0 saturated carbocycles. The summed E-state index contributed by atoms with van der Waals surface area (Å²) >= 11 is 5.54. The molecule has 0 spiro atoms. The third kappa shape index (κ3) is 3.33. The number of aliphatic hydroxyl groups excluding tert-OH is 1. The molecule has 0 aliphatic carbocycles. The maximum absolute atomic E-state index is 13.0. The molecule has 1 N–H and O–H groups in total. The van der Waals surface area contributed by atoms with Crippen LogP contribution in [0.25, 0.3) is 0 Å². The molecule has 118 valence electrons. The van der Waals surface area contributed by atoms with E-state index in [1.807, 2.05) is 0 Å². The lowest BCUT2D eigenvalue weighted by atomic mass is 10.1. The fourth-order valence-corrected chi connectivity index (χ4v) is 4.15. The predicted octanol–water partition coefficient (Wildman–Crippen LogP) is 2.36. The second-order valence-electron chi connectivity index (χ2n) is 4.84. The highest BCUT2D eigenvalue weighted by atomic mass is 35.5. The molecule has 1 aromatic rings. The molecule has 1 aliphatic rings. The molecule has 1 heterocycles. The molecule has 1 fully saturated rings. The average Bonchev–Trinajstić information content (AvgIpc) is 2.86. The number of halogens is 4. The van der Waals surface area contributed by atoms with Gasteiger partial charge in [-0.25, -0.2) is 8.42 Å². The Kier molecular flexibility index (Phi) is 4.53. The lowest BCUT2D eigenvalue weighted by Gasteiger charge is -2.20. The molecule has 0 amide bonds. The van der Waals surface area contributed by atoms with Crippen LogP contribution in [0.15, 0.2) is 23.1 Å². The van der Waals surface area contributed by atoms with E-state index in [4.69, 9.17) is 16.7 Å². The van der Waals surface area contributed by atoms with E-state index in [2.05, 4.69) is 0 Å². The molecule has 9 heteroatoms. The van der Waals surface area contributed by atoms with Crippen molar-refractivity contribution in [2.45, 2.75) is 17.5 Å². The van der Waals surface area contributed by atoms with Crippen LogP contribution >= 0.6 is 11.6 Å². The molecular weight excluding hydrogens is 331 g/mol. The van der Waals surface area contributed by atoms with Gasteiger partial charge in [0.25, 0.3) is 0 Å². The zero-order valence-electron chi connectivity index (χ0n) is 10.8. The summed E-state index contributed by atoms with van der Waals surface area (Å²) < 4.78 is 64.7. The minimum Gasteiger partial charge on any atom is -0.396 e. The minimum atomic E-state index is -4.82. The molecule has 1 aliphatic heterocycles. The van der Waals surface area contributed by atoms with Crippen molar-refractivity contribution in [3.8, 4) is 0 Å². The number of rotatable bonds is 3. The van der Waals surface area contributed by atoms with Gasteiger partial charge in [-0.05, 0) is 30.5 Å². The third-order valence-corrected chi connectivity index (χ3v) is 5.53. The van der Waals surface area contributed by atoms with E-state index in [9.17, 15) is 21.6 Å². The summed E-state index contributed by atoms with van der Waals surface area (Å²) in [6.07, 6.45) is -4.39. The van der Waals surface area contributed by atoms with Crippen LogP contribution in [0.2, 0.25) is 5.02 Å². The molecule has 1 atom stereocenters.